The molecule has 0 heterocycles. The van der Waals surface area contributed by atoms with Gasteiger partial charge in [0.25, 0.3) is 0 Å². The lowest BCUT2D eigenvalue weighted by atomic mass is 10.3. The summed E-state index contributed by atoms with van der Waals surface area (Å²) in [4.78, 5) is 0. The molecule has 1 aromatic rings. The van der Waals surface area contributed by atoms with Gasteiger partial charge in [-0.05, 0) is 19.1 Å². The Bertz CT molecular complexity index is 228. The summed E-state index contributed by atoms with van der Waals surface area (Å²) in [6.45, 7) is 7.45. The molecule has 63 valence electrons. The maximum absolute atomic E-state index is 5.47. The number of ether oxygens (including phenoxy) is 1. The van der Waals surface area contributed by atoms with Gasteiger partial charge in [-0.1, -0.05) is 24.3 Å². The Hall–Kier alpha value is -1.24. The molecule has 1 atom stereocenters. The van der Waals surface area contributed by atoms with E-state index in [0.29, 0.717) is 0 Å². The highest BCUT2D eigenvalue weighted by Gasteiger charge is 1.99. The second-order valence-corrected chi connectivity index (χ2v) is 2.58. The van der Waals surface area contributed by atoms with Crippen LogP contribution in [0.5, 0.6) is 5.75 Å². The van der Waals surface area contributed by atoms with Crippen molar-refractivity contribution in [1.82, 2.24) is 0 Å². The highest BCUT2D eigenvalue weighted by molar-refractivity contribution is 5.21. The Balaban J connectivity index is 2.46. The number of hydrogen-bond acceptors (Lipinski definition) is 1. The molecule has 1 nitrogen and oxygen atoms in total. The Morgan fingerprint density at radius 1 is 1.33 bits per heavy atom. The summed E-state index contributed by atoms with van der Waals surface area (Å²) < 4.78 is 5.47. The molecule has 0 aliphatic heterocycles. The van der Waals surface area contributed by atoms with Crippen LogP contribution in [0.4, 0.5) is 0 Å². The molecule has 0 aliphatic carbocycles. The van der Waals surface area contributed by atoms with E-state index in [1.54, 1.807) is 6.08 Å². The first-order valence-corrected chi connectivity index (χ1v) is 3.98. The first-order valence-electron chi connectivity index (χ1n) is 3.98. The molecule has 1 aromatic carbocycles. The average Bonchev–Trinajstić information content (AvgIpc) is 2.06. The second kappa shape index (κ2) is 4.60. The molecule has 0 fully saturated rings. The lowest BCUT2D eigenvalue weighted by molar-refractivity contribution is 0.250. The molecule has 0 aliphatic rings. The van der Waals surface area contributed by atoms with Crippen molar-refractivity contribution in [1.29, 1.82) is 0 Å². The molecule has 0 aromatic heterocycles. The van der Waals surface area contributed by atoms with Crippen LogP contribution in [-0.4, -0.2) is 6.10 Å². The topological polar surface area (TPSA) is 9.23 Å². The molecule has 1 heteroatoms. The number of rotatable bonds is 4. The zero-order chi connectivity index (χ0) is 8.81. The normalized spacial score (nSPS) is 12.1. The molecule has 1 radical (unpaired) electrons. The number of benzene rings is 1. The first-order chi connectivity index (χ1) is 5.83. The Morgan fingerprint density at radius 2 is 2.00 bits per heavy atom. The van der Waals surface area contributed by atoms with Crippen molar-refractivity contribution in [3.05, 3.63) is 49.9 Å². The summed E-state index contributed by atoms with van der Waals surface area (Å²) >= 11 is 0. The third kappa shape index (κ3) is 2.79. The van der Waals surface area contributed by atoms with Gasteiger partial charge in [0.1, 0.15) is 11.9 Å². The van der Waals surface area contributed by atoms with E-state index in [0.717, 1.165) is 12.2 Å². The molecule has 1 rings (SSSR count). The zero-order valence-electron chi connectivity index (χ0n) is 7.07. The molecular formula is C11H13O. The smallest absolute Gasteiger partial charge is 0.119 e. The predicted octanol–water partition coefficient (Wildman–Crippen LogP) is 2.84. The van der Waals surface area contributed by atoms with Gasteiger partial charge >= 0.3 is 0 Å². The van der Waals surface area contributed by atoms with Gasteiger partial charge in [0.15, 0.2) is 0 Å². The van der Waals surface area contributed by atoms with Crippen LogP contribution in [0.15, 0.2) is 43.0 Å². The largest absolute Gasteiger partial charge is 0.490 e. The van der Waals surface area contributed by atoms with Crippen LogP contribution in [0.2, 0.25) is 0 Å². The molecule has 0 spiro atoms. The van der Waals surface area contributed by atoms with Crippen molar-refractivity contribution in [3.8, 4) is 5.75 Å². The van der Waals surface area contributed by atoms with Crippen molar-refractivity contribution in [2.45, 2.75) is 12.5 Å². The van der Waals surface area contributed by atoms with E-state index >= 15 is 0 Å². The summed E-state index contributed by atoms with van der Waals surface area (Å²) in [5.41, 5.74) is 0. The van der Waals surface area contributed by atoms with Crippen LogP contribution in [0, 0.1) is 6.92 Å². The third-order valence-electron chi connectivity index (χ3n) is 1.48. The fourth-order valence-corrected chi connectivity index (χ4v) is 0.926. The van der Waals surface area contributed by atoms with Gasteiger partial charge in [-0.3, -0.25) is 0 Å². The Kier molecular flexibility index (Phi) is 3.39. The lowest BCUT2D eigenvalue weighted by Crippen LogP contribution is -2.10. The van der Waals surface area contributed by atoms with Gasteiger partial charge < -0.3 is 4.74 Å². The number of hydrogen-bond donors (Lipinski definition) is 0. The molecule has 12 heavy (non-hydrogen) atoms. The van der Waals surface area contributed by atoms with Crippen LogP contribution >= 0.6 is 0 Å². The quantitative estimate of drug-likeness (QED) is 0.617. The van der Waals surface area contributed by atoms with Crippen LogP contribution in [0.1, 0.15) is 6.42 Å². The van der Waals surface area contributed by atoms with Crippen molar-refractivity contribution < 1.29 is 4.74 Å². The van der Waals surface area contributed by atoms with E-state index in [2.05, 4.69) is 13.5 Å². The minimum atomic E-state index is -0.0371. The number of para-hydroxylation sites is 1. The fourth-order valence-electron chi connectivity index (χ4n) is 0.926. The SMILES string of the molecule is [CH2]C(CC=C)Oc1ccccc1. The molecule has 0 saturated carbocycles. The molecule has 0 amide bonds. The van der Waals surface area contributed by atoms with Gasteiger partial charge in [-0.25, -0.2) is 0 Å². The highest BCUT2D eigenvalue weighted by atomic mass is 16.5. The van der Waals surface area contributed by atoms with E-state index in [9.17, 15) is 0 Å². The monoisotopic (exact) mass is 161 g/mol. The van der Waals surface area contributed by atoms with Crippen molar-refractivity contribution >= 4 is 0 Å². The average molecular weight is 161 g/mol. The standard InChI is InChI=1S/C11H13O/c1-3-7-10(2)12-11-8-5-4-6-9-11/h3-6,8-10H,1-2,7H2. The summed E-state index contributed by atoms with van der Waals surface area (Å²) in [5, 5.41) is 0. The molecule has 1 unspecified atom stereocenters. The predicted molar refractivity (Wildman–Crippen MR) is 51.0 cm³/mol. The van der Waals surface area contributed by atoms with E-state index < -0.39 is 0 Å². The Morgan fingerprint density at radius 3 is 2.58 bits per heavy atom. The summed E-state index contributed by atoms with van der Waals surface area (Å²) in [6.07, 6.45) is 2.54. The minimum Gasteiger partial charge on any atom is -0.490 e. The van der Waals surface area contributed by atoms with Crippen molar-refractivity contribution in [3.63, 3.8) is 0 Å². The van der Waals surface area contributed by atoms with Crippen molar-refractivity contribution in [2.75, 3.05) is 0 Å². The second-order valence-electron chi connectivity index (χ2n) is 2.58. The molecule has 0 N–H and O–H groups in total. The first kappa shape index (κ1) is 8.85. The lowest BCUT2D eigenvalue weighted by Gasteiger charge is -2.11. The van der Waals surface area contributed by atoms with Crippen LogP contribution < -0.4 is 4.74 Å². The third-order valence-corrected chi connectivity index (χ3v) is 1.48. The molecule has 0 saturated heterocycles. The maximum atomic E-state index is 5.47. The zero-order valence-corrected chi connectivity index (χ0v) is 7.07. The van der Waals surface area contributed by atoms with Gasteiger partial charge in [-0.2, -0.15) is 0 Å². The molecular weight excluding hydrogens is 148 g/mol. The van der Waals surface area contributed by atoms with E-state index in [-0.39, 0.29) is 6.10 Å². The molecule has 0 bridgehead atoms. The van der Waals surface area contributed by atoms with Crippen LogP contribution in [0.3, 0.4) is 0 Å². The van der Waals surface area contributed by atoms with E-state index in [4.69, 9.17) is 4.74 Å². The van der Waals surface area contributed by atoms with Gasteiger partial charge in [0.05, 0.1) is 0 Å². The van der Waals surface area contributed by atoms with E-state index in [1.165, 1.54) is 0 Å². The fraction of sp³-hybridized carbons (Fsp3) is 0.182. The van der Waals surface area contributed by atoms with Gasteiger partial charge in [-0.15, -0.1) is 6.58 Å². The Labute approximate surface area is 73.7 Å². The highest BCUT2D eigenvalue weighted by Crippen LogP contribution is 2.11. The van der Waals surface area contributed by atoms with Crippen LogP contribution in [0.25, 0.3) is 0 Å². The van der Waals surface area contributed by atoms with Gasteiger partial charge in [0, 0.05) is 6.42 Å². The van der Waals surface area contributed by atoms with E-state index in [1.807, 2.05) is 30.3 Å². The van der Waals surface area contributed by atoms with Crippen LogP contribution in [-0.2, 0) is 0 Å². The minimum absolute atomic E-state index is 0.0371. The summed E-state index contributed by atoms with van der Waals surface area (Å²) in [5.74, 6) is 0.861. The summed E-state index contributed by atoms with van der Waals surface area (Å²) in [7, 11) is 0. The van der Waals surface area contributed by atoms with Crippen molar-refractivity contribution in [2.24, 2.45) is 0 Å². The van der Waals surface area contributed by atoms with Gasteiger partial charge in [0.2, 0.25) is 0 Å². The maximum Gasteiger partial charge on any atom is 0.119 e. The summed E-state index contributed by atoms with van der Waals surface area (Å²) in [6, 6.07) is 9.67.